The lowest BCUT2D eigenvalue weighted by molar-refractivity contribution is -0.136. The minimum absolute atomic E-state index is 0.0381. The fourth-order valence-corrected chi connectivity index (χ4v) is 5.80. The van der Waals surface area contributed by atoms with Crippen LogP contribution in [0.2, 0.25) is 5.02 Å². The Labute approximate surface area is 216 Å². The van der Waals surface area contributed by atoms with Crippen LogP contribution in [-0.2, 0) is 18.3 Å². The Morgan fingerprint density at radius 3 is 2.50 bits per heavy atom. The summed E-state index contributed by atoms with van der Waals surface area (Å²) in [5, 5.41) is 13.2. The first kappa shape index (κ1) is 26.3. The van der Waals surface area contributed by atoms with Gasteiger partial charge in [0.25, 0.3) is 11.5 Å². The molecule has 1 amide bonds. The van der Waals surface area contributed by atoms with Gasteiger partial charge >= 0.3 is 5.97 Å². The molecule has 1 aromatic carbocycles. The number of carboxylic acids is 1. The number of pyridine rings is 1. The monoisotopic (exact) mass is 514 g/mol. The Morgan fingerprint density at radius 1 is 1.22 bits per heavy atom. The van der Waals surface area contributed by atoms with Crippen LogP contribution in [0.1, 0.15) is 80.9 Å². The number of ether oxygens (including phenoxy) is 1. The molecule has 1 atom stereocenters. The zero-order valence-corrected chi connectivity index (χ0v) is 22.4. The van der Waals surface area contributed by atoms with Gasteiger partial charge in [0.05, 0.1) is 6.42 Å². The quantitative estimate of drug-likeness (QED) is 0.547. The lowest BCUT2D eigenvalue weighted by atomic mass is 9.85. The average Bonchev–Trinajstić information content (AvgIpc) is 3.42. The van der Waals surface area contributed by atoms with Crippen LogP contribution in [0.15, 0.2) is 23.0 Å². The standard InChI is InChI=1S/C28H35ClN2O5/c1-16-23(18-10-9-17(29)13-20(18)36-27(2,3)4)19(14-22(32)33)31(5)26(35)24(16)25(34)30-21-15-28(21)11-7-6-8-12-28/h9-10,13,21H,6-8,11-12,14-15H2,1-5H3,(H,30,34)(H,32,33)/t21-/m0/s1. The molecule has 4 rings (SSSR count). The highest BCUT2D eigenvalue weighted by atomic mass is 35.5. The van der Waals surface area contributed by atoms with E-state index in [1.165, 1.54) is 30.9 Å². The Balaban J connectivity index is 1.84. The number of hydrogen-bond donors (Lipinski definition) is 2. The third kappa shape index (κ3) is 5.17. The Kier molecular flexibility index (Phi) is 6.99. The topological polar surface area (TPSA) is 97.6 Å². The van der Waals surface area contributed by atoms with Crippen LogP contribution >= 0.6 is 11.6 Å². The molecule has 1 spiro atoms. The third-order valence-corrected chi connectivity index (χ3v) is 7.72. The summed E-state index contributed by atoms with van der Waals surface area (Å²) >= 11 is 6.28. The zero-order valence-electron chi connectivity index (χ0n) is 21.7. The van der Waals surface area contributed by atoms with E-state index < -0.39 is 23.0 Å². The molecule has 0 bridgehead atoms. The molecule has 7 nitrogen and oxygen atoms in total. The van der Waals surface area contributed by atoms with Crippen LogP contribution in [0, 0.1) is 12.3 Å². The summed E-state index contributed by atoms with van der Waals surface area (Å²) in [7, 11) is 1.51. The first-order valence-electron chi connectivity index (χ1n) is 12.6. The van der Waals surface area contributed by atoms with Crippen molar-refractivity contribution in [3.63, 3.8) is 0 Å². The third-order valence-electron chi connectivity index (χ3n) is 7.48. The predicted octanol–water partition coefficient (Wildman–Crippen LogP) is 5.27. The van der Waals surface area contributed by atoms with Crippen molar-refractivity contribution in [3.05, 3.63) is 50.4 Å². The number of aromatic nitrogens is 1. The number of carbonyl (C=O) groups excluding carboxylic acids is 1. The molecule has 2 aliphatic carbocycles. The Morgan fingerprint density at radius 2 is 1.89 bits per heavy atom. The molecule has 2 fully saturated rings. The maximum absolute atomic E-state index is 13.5. The van der Waals surface area contributed by atoms with Gasteiger partial charge in [-0.2, -0.15) is 0 Å². The van der Waals surface area contributed by atoms with Crippen molar-refractivity contribution in [2.75, 3.05) is 0 Å². The second-order valence-electron chi connectivity index (χ2n) is 11.3. The molecule has 2 N–H and O–H groups in total. The number of amides is 1. The van der Waals surface area contributed by atoms with Crippen molar-refractivity contribution >= 4 is 23.5 Å². The molecule has 1 heterocycles. The SMILES string of the molecule is Cc1c(-c2ccc(Cl)cc2OC(C)(C)C)c(CC(=O)O)n(C)c(=O)c1C(=O)N[C@H]1CC12CCCCC2. The molecular weight excluding hydrogens is 480 g/mol. The average molecular weight is 515 g/mol. The van der Waals surface area contributed by atoms with Gasteiger partial charge in [-0.25, -0.2) is 0 Å². The molecule has 2 aromatic rings. The summed E-state index contributed by atoms with van der Waals surface area (Å²) in [6.07, 6.45) is 6.36. The molecular formula is C28H35ClN2O5. The van der Waals surface area contributed by atoms with E-state index >= 15 is 0 Å². The van der Waals surface area contributed by atoms with Crippen molar-refractivity contribution in [2.45, 2.75) is 84.3 Å². The van der Waals surface area contributed by atoms with E-state index in [4.69, 9.17) is 16.3 Å². The van der Waals surface area contributed by atoms with E-state index in [1.54, 1.807) is 25.1 Å². The Hall–Kier alpha value is -2.80. The summed E-state index contributed by atoms with van der Waals surface area (Å²) in [6, 6.07) is 5.19. The van der Waals surface area contributed by atoms with Crippen molar-refractivity contribution in [3.8, 4) is 16.9 Å². The van der Waals surface area contributed by atoms with Gasteiger partial charge in [-0.15, -0.1) is 0 Å². The van der Waals surface area contributed by atoms with Crippen molar-refractivity contribution in [1.82, 2.24) is 9.88 Å². The van der Waals surface area contributed by atoms with Gasteiger partial charge in [0.1, 0.15) is 16.9 Å². The molecule has 1 aromatic heterocycles. The van der Waals surface area contributed by atoms with E-state index in [2.05, 4.69) is 5.32 Å². The maximum atomic E-state index is 13.5. The fourth-order valence-electron chi connectivity index (χ4n) is 5.64. The van der Waals surface area contributed by atoms with E-state index in [9.17, 15) is 19.5 Å². The van der Waals surface area contributed by atoms with Gasteiger partial charge in [-0.1, -0.05) is 30.9 Å². The minimum Gasteiger partial charge on any atom is -0.487 e. The number of aliphatic carboxylic acids is 1. The highest BCUT2D eigenvalue weighted by Gasteiger charge is 2.54. The lowest BCUT2D eigenvalue weighted by Gasteiger charge is -2.26. The first-order chi connectivity index (χ1) is 16.8. The van der Waals surface area contributed by atoms with E-state index in [0.717, 1.165) is 19.3 Å². The summed E-state index contributed by atoms with van der Waals surface area (Å²) in [5.41, 5.74) is 0.979. The molecule has 36 heavy (non-hydrogen) atoms. The number of carbonyl (C=O) groups is 2. The summed E-state index contributed by atoms with van der Waals surface area (Å²) in [5.74, 6) is -1.03. The number of nitrogens with one attached hydrogen (secondary N) is 1. The second kappa shape index (κ2) is 9.58. The van der Waals surface area contributed by atoms with E-state index in [1.807, 2.05) is 20.8 Å². The number of nitrogens with zero attached hydrogens (tertiary/aromatic N) is 1. The highest BCUT2D eigenvalue weighted by molar-refractivity contribution is 6.30. The number of halogens is 1. The summed E-state index contributed by atoms with van der Waals surface area (Å²) in [6.45, 7) is 7.41. The van der Waals surface area contributed by atoms with E-state index in [-0.39, 0.29) is 23.4 Å². The van der Waals surface area contributed by atoms with Gasteiger partial charge < -0.3 is 19.7 Å². The van der Waals surface area contributed by atoms with Crippen LogP contribution in [0.5, 0.6) is 5.75 Å². The molecule has 0 radical (unpaired) electrons. The highest BCUT2D eigenvalue weighted by Crippen LogP contribution is 2.56. The first-order valence-corrected chi connectivity index (χ1v) is 12.9. The summed E-state index contributed by atoms with van der Waals surface area (Å²) in [4.78, 5) is 38.7. The van der Waals surface area contributed by atoms with Crippen LogP contribution in [0.4, 0.5) is 0 Å². The van der Waals surface area contributed by atoms with Crippen molar-refractivity contribution in [1.29, 1.82) is 0 Å². The number of carboxylic acid groups (broad SMARTS) is 1. The molecule has 0 aliphatic heterocycles. The van der Waals surface area contributed by atoms with Crippen LogP contribution < -0.4 is 15.6 Å². The van der Waals surface area contributed by atoms with Crippen LogP contribution in [-0.4, -0.2) is 33.2 Å². The van der Waals surface area contributed by atoms with Crippen molar-refractivity contribution in [2.24, 2.45) is 12.5 Å². The number of benzene rings is 1. The minimum atomic E-state index is -1.08. The maximum Gasteiger partial charge on any atom is 0.309 e. The largest absolute Gasteiger partial charge is 0.487 e. The molecule has 0 saturated heterocycles. The van der Waals surface area contributed by atoms with E-state index in [0.29, 0.717) is 33.2 Å². The van der Waals surface area contributed by atoms with Crippen molar-refractivity contribution < 1.29 is 19.4 Å². The Bertz CT molecular complexity index is 1270. The predicted molar refractivity (Wildman–Crippen MR) is 140 cm³/mol. The zero-order chi connectivity index (χ0) is 26.4. The molecule has 2 aliphatic rings. The van der Waals surface area contributed by atoms with Crippen LogP contribution in [0.3, 0.4) is 0 Å². The molecule has 8 heteroatoms. The van der Waals surface area contributed by atoms with Gasteiger partial charge in [0.15, 0.2) is 0 Å². The smallest absolute Gasteiger partial charge is 0.309 e. The molecule has 194 valence electrons. The van der Waals surface area contributed by atoms with Crippen LogP contribution in [0.25, 0.3) is 11.1 Å². The number of hydrogen-bond acceptors (Lipinski definition) is 4. The lowest BCUT2D eigenvalue weighted by Crippen LogP contribution is -2.38. The molecule has 0 unspecified atom stereocenters. The van der Waals surface area contributed by atoms with Gasteiger partial charge in [0, 0.05) is 34.9 Å². The normalized spacial score (nSPS) is 18.7. The van der Waals surface area contributed by atoms with Gasteiger partial charge in [0.2, 0.25) is 0 Å². The second-order valence-corrected chi connectivity index (χ2v) is 11.7. The fraction of sp³-hybridized carbons (Fsp3) is 0.536. The summed E-state index contributed by atoms with van der Waals surface area (Å²) < 4.78 is 7.47. The molecule has 2 saturated carbocycles. The van der Waals surface area contributed by atoms with Gasteiger partial charge in [-0.3, -0.25) is 14.4 Å². The van der Waals surface area contributed by atoms with Gasteiger partial charge in [-0.05, 0) is 76.1 Å². The number of rotatable bonds is 6.